The van der Waals surface area contributed by atoms with Crippen LogP contribution in [0.3, 0.4) is 0 Å². The van der Waals surface area contributed by atoms with Gasteiger partial charge in [-0.1, -0.05) is 148 Å². The van der Waals surface area contributed by atoms with Crippen molar-refractivity contribution < 1.29 is 33.3 Å². The Labute approximate surface area is 363 Å². The Balaban J connectivity index is 2.46. The summed E-state index contributed by atoms with van der Waals surface area (Å²) < 4.78 is 29.9. The average molecular weight is 835 g/mol. The number of hydrogen-bond donors (Lipinski definition) is 1. The quantitative estimate of drug-likeness (QED) is 0.0281. The Morgan fingerprint density at radius 3 is 1.73 bits per heavy atom. The minimum Gasteiger partial charge on any atom is -0.465 e. The standard InChI is InChI=1S/C50H94N2O7/c1-5-9-12-15-18-19-20-21-22-23-24-25-26-27-30-34-48(53)58-44-46(45-59-50(54)51-47-36-38-52(8-4)39-37-47)43-55-40-33-35-49(56-41-31-28-16-13-10-6-2)57-42-32-29-17-14-11-7-3/h18-19,21-22,46-47,49H,5-17,20,23-45H2,1-4H3,(H,51,54)/b19-18-,22-21-. The van der Waals surface area contributed by atoms with Gasteiger partial charge in [0.1, 0.15) is 6.61 Å². The van der Waals surface area contributed by atoms with Gasteiger partial charge in [0.2, 0.25) is 0 Å². The predicted octanol–water partition coefficient (Wildman–Crippen LogP) is 13.0. The highest BCUT2D eigenvalue weighted by molar-refractivity contribution is 5.69. The van der Waals surface area contributed by atoms with Crippen molar-refractivity contribution in [2.24, 2.45) is 5.92 Å². The number of nitrogens with one attached hydrogen (secondary N) is 1. The molecule has 0 bridgehead atoms. The summed E-state index contributed by atoms with van der Waals surface area (Å²) in [6.07, 6.45) is 39.8. The summed E-state index contributed by atoms with van der Waals surface area (Å²) in [7, 11) is 0. The van der Waals surface area contributed by atoms with E-state index in [1.807, 2.05) is 0 Å². The van der Waals surface area contributed by atoms with Crippen molar-refractivity contribution in [3.8, 4) is 0 Å². The largest absolute Gasteiger partial charge is 0.465 e. The summed E-state index contributed by atoms with van der Waals surface area (Å²) in [4.78, 5) is 27.8. The van der Waals surface area contributed by atoms with Gasteiger partial charge in [-0.05, 0) is 77.2 Å². The Morgan fingerprint density at radius 1 is 0.593 bits per heavy atom. The fraction of sp³-hybridized carbons (Fsp3) is 0.880. The van der Waals surface area contributed by atoms with Crippen LogP contribution >= 0.6 is 0 Å². The molecule has 0 radical (unpaired) electrons. The summed E-state index contributed by atoms with van der Waals surface area (Å²) in [6.45, 7) is 14.6. The van der Waals surface area contributed by atoms with E-state index in [0.29, 0.717) is 19.6 Å². The Bertz CT molecular complexity index is 966. The molecule has 1 aliphatic rings. The fourth-order valence-electron chi connectivity index (χ4n) is 7.31. The van der Waals surface area contributed by atoms with Crippen LogP contribution in [0.4, 0.5) is 4.79 Å². The van der Waals surface area contributed by atoms with Crippen LogP contribution in [0.15, 0.2) is 24.3 Å². The zero-order chi connectivity index (χ0) is 42.7. The van der Waals surface area contributed by atoms with Gasteiger partial charge in [0, 0.05) is 51.8 Å². The third-order valence-electron chi connectivity index (χ3n) is 11.3. The summed E-state index contributed by atoms with van der Waals surface area (Å²) in [5.74, 6) is -0.430. The van der Waals surface area contributed by atoms with Crippen LogP contribution in [-0.4, -0.2) is 88.6 Å². The number of unbranched alkanes of at least 4 members (excludes halogenated alkanes) is 18. The van der Waals surface area contributed by atoms with E-state index < -0.39 is 6.09 Å². The number of nitrogens with zero attached hydrogens (tertiary/aromatic N) is 1. The highest BCUT2D eigenvalue weighted by Gasteiger charge is 2.22. The Kier molecular flexibility index (Phi) is 39.9. The van der Waals surface area contributed by atoms with Crippen LogP contribution in [0.2, 0.25) is 0 Å². The van der Waals surface area contributed by atoms with Crippen molar-refractivity contribution in [2.45, 2.75) is 220 Å². The lowest BCUT2D eigenvalue weighted by Crippen LogP contribution is -2.45. The number of hydrogen-bond acceptors (Lipinski definition) is 8. The maximum absolute atomic E-state index is 12.7. The van der Waals surface area contributed by atoms with E-state index in [1.54, 1.807) is 0 Å². The van der Waals surface area contributed by atoms with Gasteiger partial charge in [-0.25, -0.2) is 4.79 Å². The Morgan fingerprint density at radius 2 is 1.12 bits per heavy atom. The molecule has 1 aliphatic heterocycles. The second kappa shape index (κ2) is 42.7. The van der Waals surface area contributed by atoms with E-state index in [4.69, 9.17) is 23.7 Å². The second-order valence-corrected chi connectivity index (χ2v) is 16.9. The second-order valence-electron chi connectivity index (χ2n) is 16.9. The van der Waals surface area contributed by atoms with Crippen molar-refractivity contribution in [2.75, 3.05) is 59.3 Å². The molecule has 0 spiro atoms. The molecule has 1 amide bonds. The molecule has 1 N–H and O–H groups in total. The minimum atomic E-state index is -0.408. The summed E-state index contributed by atoms with van der Waals surface area (Å²) in [6, 6.07) is 0.126. The molecule has 0 saturated carbocycles. The molecule has 9 nitrogen and oxygen atoms in total. The number of amides is 1. The minimum absolute atomic E-state index is 0.126. The molecule has 1 heterocycles. The molecule has 1 saturated heterocycles. The zero-order valence-electron chi connectivity index (χ0n) is 39.0. The van der Waals surface area contributed by atoms with Gasteiger partial charge in [-0.15, -0.1) is 0 Å². The number of carbonyl (C=O) groups is 2. The van der Waals surface area contributed by atoms with E-state index in [-0.39, 0.29) is 37.4 Å². The first-order valence-electron chi connectivity index (χ1n) is 24.9. The highest BCUT2D eigenvalue weighted by Crippen LogP contribution is 2.14. The number of alkyl carbamates (subject to hydrolysis) is 1. The average Bonchev–Trinajstić information content (AvgIpc) is 3.24. The summed E-state index contributed by atoms with van der Waals surface area (Å²) in [5.41, 5.74) is 0. The SMILES string of the molecule is CCCCC/C=C\C/C=C\CCCCCCCC(=O)OCC(COCCCC(OCCCCCCCC)OCCCCCCCC)COC(=O)NC1CCN(CC)CC1. The van der Waals surface area contributed by atoms with Crippen molar-refractivity contribution in [1.29, 1.82) is 0 Å². The van der Waals surface area contributed by atoms with Gasteiger partial charge in [-0.3, -0.25) is 4.79 Å². The van der Waals surface area contributed by atoms with Gasteiger partial charge in [0.25, 0.3) is 0 Å². The third-order valence-corrected chi connectivity index (χ3v) is 11.3. The normalized spacial score (nSPS) is 14.5. The highest BCUT2D eigenvalue weighted by atomic mass is 16.7. The van der Waals surface area contributed by atoms with Crippen molar-refractivity contribution in [1.82, 2.24) is 10.2 Å². The lowest BCUT2D eigenvalue weighted by atomic mass is 10.1. The first-order chi connectivity index (χ1) is 29.0. The number of piperidine rings is 1. The molecule has 1 atom stereocenters. The number of allylic oxidation sites excluding steroid dienone is 4. The zero-order valence-corrected chi connectivity index (χ0v) is 39.0. The molecule has 0 aromatic rings. The van der Waals surface area contributed by atoms with Crippen molar-refractivity contribution in [3.63, 3.8) is 0 Å². The molecule has 0 aliphatic carbocycles. The van der Waals surface area contributed by atoms with Crippen LogP contribution in [0.25, 0.3) is 0 Å². The fourth-order valence-corrected chi connectivity index (χ4v) is 7.31. The number of ether oxygens (including phenoxy) is 5. The van der Waals surface area contributed by atoms with Crippen LogP contribution < -0.4 is 5.32 Å². The summed E-state index contributed by atoms with van der Waals surface area (Å²) in [5, 5.41) is 3.04. The number of carbonyl (C=O) groups excluding carboxylic acids is 2. The monoisotopic (exact) mass is 835 g/mol. The Hall–Kier alpha value is -1.94. The van der Waals surface area contributed by atoms with Crippen molar-refractivity contribution in [3.05, 3.63) is 24.3 Å². The maximum Gasteiger partial charge on any atom is 0.407 e. The molecule has 9 heteroatoms. The molecular weight excluding hydrogens is 741 g/mol. The first kappa shape index (κ1) is 55.1. The van der Waals surface area contributed by atoms with Crippen LogP contribution in [0.1, 0.15) is 207 Å². The molecule has 0 aromatic heterocycles. The van der Waals surface area contributed by atoms with Crippen molar-refractivity contribution >= 4 is 12.1 Å². The van der Waals surface area contributed by atoms with Gasteiger partial charge < -0.3 is 33.9 Å². The number of rotatable bonds is 42. The number of esters is 1. The van der Waals surface area contributed by atoms with E-state index in [9.17, 15) is 9.59 Å². The summed E-state index contributed by atoms with van der Waals surface area (Å²) >= 11 is 0. The third kappa shape index (κ3) is 36.4. The molecule has 346 valence electrons. The van der Waals surface area contributed by atoms with E-state index >= 15 is 0 Å². The van der Waals surface area contributed by atoms with E-state index in [1.165, 1.54) is 103 Å². The predicted molar refractivity (Wildman–Crippen MR) is 246 cm³/mol. The van der Waals surface area contributed by atoms with Gasteiger partial charge in [-0.2, -0.15) is 0 Å². The smallest absolute Gasteiger partial charge is 0.407 e. The van der Waals surface area contributed by atoms with E-state index in [0.717, 1.165) is 103 Å². The molecule has 0 aromatic carbocycles. The molecule has 1 fully saturated rings. The van der Waals surface area contributed by atoms with Crippen LogP contribution in [0.5, 0.6) is 0 Å². The van der Waals surface area contributed by atoms with Gasteiger partial charge >= 0.3 is 12.1 Å². The topological polar surface area (TPSA) is 95.6 Å². The van der Waals surface area contributed by atoms with Crippen LogP contribution in [-0.2, 0) is 28.5 Å². The lowest BCUT2D eigenvalue weighted by Gasteiger charge is -2.31. The molecule has 1 unspecified atom stereocenters. The maximum atomic E-state index is 12.7. The number of likely N-dealkylation sites (tertiary alicyclic amines) is 1. The lowest BCUT2D eigenvalue weighted by molar-refractivity contribution is -0.150. The molecule has 59 heavy (non-hydrogen) atoms. The molecule has 1 rings (SSSR count). The van der Waals surface area contributed by atoms with Crippen LogP contribution in [0, 0.1) is 5.92 Å². The molecular formula is C50H94N2O7. The van der Waals surface area contributed by atoms with E-state index in [2.05, 4.69) is 62.2 Å². The van der Waals surface area contributed by atoms with Gasteiger partial charge in [0.05, 0.1) is 19.1 Å². The first-order valence-corrected chi connectivity index (χ1v) is 24.9. The van der Waals surface area contributed by atoms with Gasteiger partial charge in [0.15, 0.2) is 6.29 Å².